The molecule has 4 heterocycles. The minimum absolute atomic E-state index is 0.199. The van der Waals surface area contributed by atoms with Crippen LogP contribution in [-0.4, -0.2) is 56.1 Å². The Hall–Kier alpha value is -6.20. The minimum atomic E-state index is -0.424. The summed E-state index contributed by atoms with van der Waals surface area (Å²) in [5, 5.41) is 8.30. The molecule has 11 heteroatoms. The van der Waals surface area contributed by atoms with Crippen molar-refractivity contribution in [1.29, 1.82) is 0 Å². The van der Waals surface area contributed by atoms with Crippen LogP contribution < -0.4 is 53.0 Å². The molecular weight excluding hydrogens is 674 g/mol. The molecule has 0 amide bonds. The van der Waals surface area contributed by atoms with Crippen molar-refractivity contribution in [1.82, 2.24) is 5.32 Å². The molecule has 0 bridgehead atoms. The van der Waals surface area contributed by atoms with Gasteiger partial charge in [-0.25, -0.2) is 0 Å². The first-order valence-corrected chi connectivity index (χ1v) is 17.4. The van der Waals surface area contributed by atoms with Crippen LogP contribution >= 0.6 is 0 Å². The second kappa shape index (κ2) is 11.7. The molecule has 0 unspecified atom stereocenters. The van der Waals surface area contributed by atoms with E-state index in [1.165, 1.54) is 0 Å². The van der Waals surface area contributed by atoms with Gasteiger partial charge < -0.3 is 47.7 Å². The quantitative estimate of drug-likeness (QED) is 0.182. The summed E-state index contributed by atoms with van der Waals surface area (Å²) in [6.07, 6.45) is -0.848. The van der Waals surface area contributed by atoms with E-state index in [2.05, 4.69) is 77.7 Å². The van der Waals surface area contributed by atoms with Gasteiger partial charge in [-0.3, -0.25) is 5.32 Å². The Morgan fingerprint density at radius 3 is 1.30 bits per heavy atom. The normalized spacial score (nSPS) is 17.3. The predicted molar refractivity (Wildman–Crippen MR) is 203 cm³/mol. The molecule has 0 fully saturated rings. The SMILES string of the molecule is COc1ccc2c(c1OC)[C@@H](N[C@H]1c3c(ccc(OC)c3OC)-c3ccc4cc5c(cc4c3N1C)OCO5)N(C)c1c-2ccc2cc3c(cc12)OCO3. The molecule has 2 atom stereocenters. The summed E-state index contributed by atoms with van der Waals surface area (Å²) in [5.74, 6) is 5.53. The molecule has 0 saturated heterocycles. The standard InChI is InChI=1S/C42H37N3O8/c1-44-37-25(9-7-21-15-31-33(17-27(21)37)52-19-50-31)23-11-13-29(46-3)39(48-5)35(23)41(44)43-42-36-24(12-14-30(47-4)40(36)49-6)26-10-8-22-16-32-34(53-20-51-32)18-28(22)38(26)45(42)2/h7-18,41-43H,19-20H2,1-6H3/t41-,42+. The molecule has 0 saturated carbocycles. The highest BCUT2D eigenvalue weighted by molar-refractivity contribution is 6.07. The van der Waals surface area contributed by atoms with E-state index in [1.54, 1.807) is 28.4 Å². The summed E-state index contributed by atoms with van der Waals surface area (Å²) in [7, 11) is 10.9. The van der Waals surface area contributed by atoms with Crippen molar-refractivity contribution in [2.75, 3.05) is 65.9 Å². The topological polar surface area (TPSA) is 92.4 Å². The largest absolute Gasteiger partial charge is 0.493 e. The summed E-state index contributed by atoms with van der Waals surface area (Å²) < 4.78 is 47.4. The molecule has 11 nitrogen and oxygen atoms in total. The van der Waals surface area contributed by atoms with E-state index in [0.717, 1.165) is 89.3 Å². The Labute approximate surface area is 306 Å². The fraction of sp³-hybridized carbons (Fsp3) is 0.238. The first kappa shape index (κ1) is 31.5. The van der Waals surface area contributed by atoms with Crippen LogP contribution in [-0.2, 0) is 0 Å². The van der Waals surface area contributed by atoms with Gasteiger partial charge in [0.25, 0.3) is 0 Å². The van der Waals surface area contributed by atoms with Crippen LogP contribution in [0, 0.1) is 0 Å². The van der Waals surface area contributed by atoms with Gasteiger partial charge in [-0.2, -0.15) is 0 Å². The number of benzene rings is 6. The van der Waals surface area contributed by atoms with Gasteiger partial charge in [0.2, 0.25) is 13.6 Å². The van der Waals surface area contributed by atoms with Gasteiger partial charge in [-0.15, -0.1) is 0 Å². The van der Waals surface area contributed by atoms with Crippen LogP contribution in [0.2, 0.25) is 0 Å². The van der Waals surface area contributed by atoms with E-state index in [4.69, 9.17) is 37.9 Å². The van der Waals surface area contributed by atoms with Gasteiger partial charge in [0.05, 0.1) is 39.8 Å². The number of nitrogens with zero attached hydrogens (tertiary/aromatic N) is 2. The van der Waals surface area contributed by atoms with E-state index >= 15 is 0 Å². The van der Waals surface area contributed by atoms with E-state index in [-0.39, 0.29) is 13.6 Å². The average molecular weight is 712 g/mol. The van der Waals surface area contributed by atoms with Crippen molar-refractivity contribution in [3.63, 3.8) is 0 Å². The number of nitrogens with one attached hydrogen (secondary N) is 1. The molecule has 6 aromatic rings. The zero-order valence-electron chi connectivity index (χ0n) is 30.2. The minimum Gasteiger partial charge on any atom is -0.493 e. The number of methoxy groups -OCH3 is 4. The van der Waals surface area contributed by atoms with Crippen LogP contribution in [0.3, 0.4) is 0 Å². The molecule has 0 aromatic heterocycles. The average Bonchev–Trinajstić information content (AvgIpc) is 3.85. The zero-order valence-corrected chi connectivity index (χ0v) is 30.2. The molecule has 1 N–H and O–H groups in total. The second-order valence-electron chi connectivity index (χ2n) is 13.5. The van der Waals surface area contributed by atoms with E-state index in [9.17, 15) is 0 Å². The maximum atomic E-state index is 6.19. The molecule has 268 valence electrons. The fourth-order valence-electron chi connectivity index (χ4n) is 8.69. The van der Waals surface area contributed by atoms with E-state index in [1.807, 2.05) is 24.3 Å². The first-order chi connectivity index (χ1) is 25.9. The van der Waals surface area contributed by atoms with Crippen LogP contribution in [0.15, 0.2) is 72.8 Å². The number of ether oxygens (including phenoxy) is 8. The van der Waals surface area contributed by atoms with Crippen molar-refractivity contribution < 1.29 is 37.9 Å². The Balaban J connectivity index is 1.22. The number of hydrogen-bond donors (Lipinski definition) is 1. The van der Waals surface area contributed by atoms with Crippen LogP contribution in [0.25, 0.3) is 43.8 Å². The highest BCUT2D eigenvalue weighted by Crippen LogP contribution is 2.57. The Bertz CT molecular complexity index is 2350. The van der Waals surface area contributed by atoms with Gasteiger partial charge in [0.15, 0.2) is 46.0 Å². The van der Waals surface area contributed by atoms with Crippen LogP contribution in [0.1, 0.15) is 23.5 Å². The fourth-order valence-corrected chi connectivity index (χ4v) is 8.69. The van der Waals surface area contributed by atoms with Gasteiger partial charge in [-0.05, 0) is 70.4 Å². The Morgan fingerprint density at radius 2 is 0.906 bits per heavy atom. The van der Waals surface area contributed by atoms with Gasteiger partial charge in [0.1, 0.15) is 12.3 Å². The lowest BCUT2D eigenvalue weighted by atomic mass is 9.86. The molecule has 10 rings (SSSR count). The molecule has 4 aliphatic heterocycles. The smallest absolute Gasteiger partial charge is 0.231 e. The number of anilines is 2. The van der Waals surface area contributed by atoms with Crippen molar-refractivity contribution in [3.05, 3.63) is 83.9 Å². The van der Waals surface area contributed by atoms with Crippen LogP contribution in [0.5, 0.6) is 46.0 Å². The molecular formula is C42H37N3O8. The third kappa shape index (κ3) is 4.37. The summed E-state index contributed by atoms with van der Waals surface area (Å²) >= 11 is 0. The summed E-state index contributed by atoms with van der Waals surface area (Å²) in [4.78, 5) is 4.56. The van der Waals surface area contributed by atoms with E-state index < -0.39 is 12.3 Å². The van der Waals surface area contributed by atoms with Crippen LogP contribution in [0.4, 0.5) is 11.4 Å². The molecule has 0 radical (unpaired) electrons. The van der Waals surface area contributed by atoms with Crippen molar-refractivity contribution in [3.8, 4) is 68.2 Å². The number of fused-ring (bicyclic) bond motifs is 12. The number of rotatable bonds is 6. The summed E-state index contributed by atoms with van der Waals surface area (Å²) in [5.41, 5.74) is 8.19. The van der Waals surface area contributed by atoms with E-state index in [0.29, 0.717) is 23.0 Å². The summed E-state index contributed by atoms with van der Waals surface area (Å²) in [6.45, 7) is 0.398. The predicted octanol–water partition coefficient (Wildman–Crippen LogP) is 8.01. The van der Waals surface area contributed by atoms with Gasteiger partial charge >= 0.3 is 0 Å². The van der Waals surface area contributed by atoms with Gasteiger partial charge in [-0.1, -0.05) is 24.3 Å². The van der Waals surface area contributed by atoms with Gasteiger partial charge in [0, 0.05) is 47.1 Å². The maximum Gasteiger partial charge on any atom is 0.231 e. The third-order valence-corrected chi connectivity index (χ3v) is 11.1. The zero-order chi connectivity index (χ0) is 36.1. The molecule has 0 aliphatic carbocycles. The molecule has 0 spiro atoms. The third-order valence-electron chi connectivity index (χ3n) is 11.1. The van der Waals surface area contributed by atoms with Crippen molar-refractivity contribution in [2.24, 2.45) is 0 Å². The maximum absolute atomic E-state index is 6.19. The Morgan fingerprint density at radius 1 is 0.509 bits per heavy atom. The van der Waals surface area contributed by atoms with Crippen molar-refractivity contribution >= 4 is 32.9 Å². The number of hydrogen-bond acceptors (Lipinski definition) is 11. The highest BCUT2D eigenvalue weighted by Gasteiger charge is 2.41. The second-order valence-corrected chi connectivity index (χ2v) is 13.5. The van der Waals surface area contributed by atoms with Crippen molar-refractivity contribution in [2.45, 2.75) is 12.3 Å². The lowest BCUT2D eigenvalue weighted by molar-refractivity contribution is 0.173. The molecule has 4 aliphatic rings. The summed E-state index contributed by atoms with van der Waals surface area (Å²) in [6, 6.07) is 25.0. The molecule has 53 heavy (non-hydrogen) atoms. The monoisotopic (exact) mass is 711 g/mol. The lowest BCUT2D eigenvalue weighted by Crippen LogP contribution is -2.47. The molecule has 6 aromatic carbocycles. The Kier molecular flexibility index (Phi) is 6.93. The lowest BCUT2D eigenvalue weighted by Gasteiger charge is -2.45. The highest BCUT2D eigenvalue weighted by atomic mass is 16.7. The first-order valence-electron chi connectivity index (χ1n) is 17.4.